The molecule has 1 atom stereocenters. The minimum absolute atomic E-state index is 0. The fourth-order valence-electron chi connectivity index (χ4n) is 2.51. The Hall–Kier alpha value is -0.650. The van der Waals surface area contributed by atoms with Gasteiger partial charge in [-0.25, -0.2) is 0 Å². The monoisotopic (exact) mass is 275 g/mol. The summed E-state index contributed by atoms with van der Waals surface area (Å²) >= 11 is 0. The van der Waals surface area contributed by atoms with Gasteiger partial charge in [-0.05, 0) is 25.8 Å². The molecule has 2 N–H and O–H groups in total. The van der Waals surface area contributed by atoms with E-state index in [-0.39, 0.29) is 24.2 Å². The Morgan fingerprint density at radius 2 is 1.89 bits per heavy atom. The predicted molar refractivity (Wildman–Crippen MR) is 71.4 cm³/mol. The summed E-state index contributed by atoms with van der Waals surface area (Å²) in [6.45, 7) is 1.90. The summed E-state index contributed by atoms with van der Waals surface area (Å²) in [6.07, 6.45) is 3.28. The lowest BCUT2D eigenvalue weighted by Gasteiger charge is -2.28. The minimum atomic E-state index is -0.0286. The van der Waals surface area contributed by atoms with Gasteiger partial charge in [0.2, 0.25) is 11.8 Å². The number of carbonyl (C=O) groups is 2. The second kappa shape index (κ2) is 6.50. The summed E-state index contributed by atoms with van der Waals surface area (Å²) < 4.78 is 0. The van der Waals surface area contributed by atoms with E-state index in [4.69, 9.17) is 5.73 Å². The first-order chi connectivity index (χ1) is 8.13. The average molecular weight is 276 g/mol. The molecule has 0 aromatic heterocycles. The molecule has 1 unspecified atom stereocenters. The van der Waals surface area contributed by atoms with Crippen LogP contribution in [-0.2, 0) is 9.59 Å². The largest absolute Gasteiger partial charge is 0.329 e. The van der Waals surface area contributed by atoms with Crippen LogP contribution >= 0.6 is 12.4 Å². The standard InChI is InChI=1S/C12H21N3O2.ClH/c1-14(10(8-13)9-2-3-9)6-7-15-11(16)4-5-12(15)17;/h9-10H,2-8,13H2,1H3;1H. The Kier molecular flexibility index (Phi) is 5.56. The molecule has 1 heterocycles. The van der Waals surface area contributed by atoms with Gasteiger partial charge in [-0.1, -0.05) is 0 Å². The third-order valence-electron chi connectivity index (χ3n) is 3.80. The van der Waals surface area contributed by atoms with Crippen molar-refractivity contribution in [1.82, 2.24) is 9.80 Å². The number of imide groups is 1. The molecule has 18 heavy (non-hydrogen) atoms. The molecule has 0 radical (unpaired) electrons. The van der Waals surface area contributed by atoms with Crippen molar-refractivity contribution in [1.29, 1.82) is 0 Å². The first-order valence-electron chi connectivity index (χ1n) is 6.37. The number of likely N-dealkylation sites (N-methyl/N-ethyl adjacent to an activating group) is 1. The first kappa shape index (κ1) is 15.4. The van der Waals surface area contributed by atoms with Crippen LogP contribution in [0.2, 0.25) is 0 Å². The molecule has 0 aromatic rings. The van der Waals surface area contributed by atoms with Crippen molar-refractivity contribution in [2.45, 2.75) is 31.7 Å². The van der Waals surface area contributed by atoms with Crippen molar-refractivity contribution in [3.63, 3.8) is 0 Å². The number of amides is 2. The van der Waals surface area contributed by atoms with Crippen molar-refractivity contribution < 1.29 is 9.59 Å². The molecule has 104 valence electrons. The van der Waals surface area contributed by atoms with Gasteiger partial charge in [-0.3, -0.25) is 14.5 Å². The van der Waals surface area contributed by atoms with Crippen LogP contribution in [0, 0.1) is 5.92 Å². The van der Waals surface area contributed by atoms with Crippen molar-refractivity contribution in [3.8, 4) is 0 Å². The molecule has 2 fully saturated rings. The topological polar surface area (TPSA) is 66.6 Å². The van der Waals surface area contributed by atoms with Gasteiger partial charge in [-0.2, -0.15) is 0 Å². The van der Waals surface area contributed by atoms with Gasteiger partial charge in [0.05, 0.1) is 0 Å². The third-order valence-corrected chi connectivity index (χ3v) is 3.80. The Balaban J connectivity index is 0.00000162. The zero-order valence-electron chi connectivity index (χ0n) is 10.8. The van der Waals surface area contributed by atoms with Crippen LogP contribution in [0.4, 0.5) is 0 Å². The third kappa shape index (κ3) is 3.43. The summed E-state index contributed by atoms with van der Waals surface area (Å²) in [5.74, 6) is 0.660. The number of hydrogen-bond acceptors (Lipinski definition) is 4. The van der Waals surface area contributed by atoms with E-state index >= 15 is 0 Å². The Bertz CT molecular complexity index is 304. The van der Waals surface area contributed by atoms with Crippen LogP contribution in [-0.4, -0.2) is 54.3 Å². The molecule has 2 aliphatic rings. The lowest BCUT2D eigenvalue weighted by Crippen LogP contribution is -2.44. The molecule has 6 heteroatoms. The molecule has 2 rings (SSSR count). The van der Waals surface area contributed by atoms with Gasteiger partial charge >= 0.3 is 0 Å². The second-order valence-corrected chi connectivity index (χ2v) is 5.06. The van der Waals surface area contributed by atoms with E-state index in [1.807, 2.05) is 7.05 Å². The van der Waals surface area contributed by atoms with E-state index in [2.05, 4.69) is 4.90 Å². The number of likely N-dealkylation sites (tertiary alicyclic amines) is 1. The van der Waals surface area contributed by atoms with Crippen molar-refractivity contribution in [3.05, 3.63) is 0 Å². The molecule has 2 amide bonds. The first-order valence-corrected chi connectivity index (χ1v) is 6.37. The normalized spacial score (nSPS) is 21.4. The lowest BCUT2D eigenvalue weighted by atomic mass is 10.1. The van der Waals surface area contributed by atoms with Crippen molar-refractivity contribution in [2.75, 3.05) is 26.7 Å². The summed E-state index contributed by atoms with van der Waals surface area (Å²) in [7, 11) is 2.03. The number of nitrogens with zero attached hydrogens (tertiary/aromatic N) is 2. The van der Waals surface area contributed by atoms with E-state index in [0.29, 0.717) is 32.0 Å². The van der Waals surface area contributed by atoms with E-state index in [9.17, 15) is 9.59 Å². The minimum Gasteiger partial charge on any atom is -0.329 e. The molecular formula is C12H22ClN3O2. The number of hydrogen-bond donors (Lipinski definition) is 1. The van der Waals surface area contributed by atoms with Crippen LogP contribution < -0.4 is 5.73 Å². The molecule has 1 saturated heterocycles. The Labute approximate surface area is 114 Å². The highest BCUT2D eigenvalue weighted by molar-refractivity contribution is 6.01. The molecule has 0 bridgehead atoms. The van der Waals surface area contributed by atoms with E-state index in [1.165, 1.54) is 17.7 Å². The van der Waals surface area contributed by atoms with Crippen LogP contribution in [0.15, 0.2) is 0 Å². The van der Waals surface area contributed by atoms with Crippen molar-refractivity contribution >= 4 is 24.2 Å². The van der Waals surface area contributed by atoms with E-state index < -0.39 is 0 Å². The maximum absolute atomic E-state index is 11.4. The molecule has 1 aliphatic heterocycles. The molecule has 0 aromatic carbocycles. The van der Waals surface area contributed by atoms with Crippen molar-refractivity contribution in [2.24, 2.45) is 11.7 Å². The fraction of sp³-hybridized carbons (Fsp3) is 0.833. The Morgan fingerprint density at radius 3 is 2.33 bits per heavy atom. The SMILES string of the molecule is CN(CCN1C(=O)CCC1=O)C(CN)C1CC1.Cl. The smallest absolute Gasteiger partial charge is 0.229 e. The molecular weight excluding hydrogens is 254 g/mol. The van der Waals surface area contributed by atoms with E-state index in [0.717, 1.165) is 12.5 Å². The number of halogens is 1. The Morgan fingerprint density at radius 1 is 1.33 bits per heavy atom. The number of rotatable bonds is 6. The highest BCUT2D eigenvalue weighted by atomic mass is 35.5. The summed E-state index contributed by atoms with van der Waals surface area (Å²) in [4.78, 5) is 26.5. The predicted octanol–water partition coefficient (Wildman–Crippen LogP) is 0.226. The van der Waals surface area contributed by atoms with E-state index in [1.54, 1.807) is 0 Å². The lowest BCUT2D eigenvalue weighted by molar-refractivity contribution is -0.138. The summed E-state index contributed by atoms with van der Waals surface area (Å²) in [5.41, 5.74) is 5.76. The van der Waals surface area contributed by atoms with Crippen LogP contribution in [0.5, 0.6) is 0 Å². The second-order valence-electron chi connectivity index (χ2n) is 5.06. The van der Waals surface area contributed by atoms with Gasteiger partial charge in [0, 0.05) is 38.5 Å². The maximum Gasteiger partial charge on any atom is 0.229 e. The van der Waals surface area contributed by atoms with Gasteiger partial charge in [0.25, 0.3) is 0 Å². The highest BCUT2D eigenvalue weighted by Crippen LogP contribution is 2.34. The van der Waals surface area contributed by atoms with Crippen LogP contribution in [0.3, 0.4) is 0 Å². The van der Waals surface area contributed by atoms with Gasteiger partial charge in [0.15, 0.2) is 0 Å². The van der Waals surface area contributed by atoms with Crippen LogP contribution in [0.1, 0.15) is 25.7 Å². The average Bonchev–Trinajstić information content (AvgIpc) is 3.07. The van der Waals surface area contributed by atoms with Gasteiger partial charge < -0.3 is 10.6 Å². The molecule has 1 aliphatic carbocycles. The molecule has 1 saturated carbocycles. The van der Waals surface area contributed by atoms with Gasteiger partial charge in [0.1, 0.15) is 0 Å². The summed E-state index contributed by atoms with van der Waals surface area (Å²) in [6, 6.07) is 0.405. The van der Waals surface area contributed by atoms with Gasteiger partial charge in [-0.15, -0.1) is 12.4 Å². The zero-order valence-corrected chi connectivity index (χ0v) is 11.6. The summed E-state index contributed by atoms with van der Waals surface area (Å²) in [5, 5.41) is 0. The fourth-order valence-corrected chi connectivity index (χ4v) is 2.51. The van der Waals surface area contributed by atoms with Crippen LogP contribution in [0.25, 0.3) is 0 Å². The molecule has 5 nitrogen and oxygen atoms in total. The molecule has 0 spiro atoms. The highest BCUT2D eigenvalue weighted by Gasteiger charge is 2.34. The maximum atomic E-state index is 11.4. The number of carbonyl (C=O) groups excluding carboxylic acids is 2. The quantitative estimate of drug-likeness (QED) is 0.705. The zero-order chi connectivity index (χ0) is 12.4. The number of nitrogens with two attached hydrogens (primary N) is 1.